The molecule has 0 unspecified atom stereocenters. The van der Waals surface area contributed by atoms with Crippen molar-refractivity contribution in [1.29, 1.82) is 0 Å². The maximum Gasteiger partial charge on any atom is 0.235 e. The number of hydrogen-bond donors (Lipinski definition) is 0. The predicted octanol–water partition coefficient (Wildman–Crippen LogP) is 13.0. The Bertz CT molecular complexity index is 3440. The molecular formula is C46H25N3OS. The van der Waals surface area contributed by atoms with Gasteiger partial charge in [0.15, 0.2) is 0 Å². The van der Waals surface area contributed by atoms with Gasteiger partial charge in [0.05, 0.1) is 22.2 Å². The number of hydrogen-bond acceptors (Lipinski definition) is 4. The van der Waals surface area contributed by atoms with E-state index in [4.69, 9.17) is 14.4 Å². The molecule has 0 aliphatic heterocycles. The number of rotatable bonds is 2. The lowest BCUT2D eigenvalue weighted by Gasteiger charge is -2.14. The summed E-state index contributed by atoms with van der Waals surface area (Å²) in [5, 5.41) is 12.8. The highest BCUT2D eigenvalue weighted by Gasteiger charge is 2.22. The summed E-state index contributed by atoms with van der Waals surface area (Å²) in [7, 11) is 0. The summed E-state index contributed by atoms with van der Waals surface area (Å²) in [6.07, 6.45) is 0. The fourth-order valence-electron chi connectivity index (χ4n) is 8.32. The summed E-state index contributed by atoms with van der Waals surface area (Å²) < 4.78 is 11.5. The van der Waals surface area contributed by atoms with Gasteiger partial charge in [-0.1, -0.05) is 103 Å². The fourth-order valence-corrected chi connectivity index (χ4v) is 9.44. The van der Waals surface area contributed by atoms with Crippen molar-refractivity contribution in [2.24, 2.45) is 0 Å². The third-order valence-electron chi connectivity index (χ3n) is 10.6. The Labute approximate surface area is 294 Å². The van der Waals surface area contributed by atoms with Crippen LogP contribution >= 0.6 is 11.3 Å². The molecule has 5 heteroatoms. The molecule has 0 saturated heterocycles. The largest absolute Gasteiger partial charge is 0.455 e. The van der Waals surface area contributed by atoms with E-state index >= 15 is 0 Å². The van der Waals surface area contributed by atoms with Crippen molar-refractivity contribution in [2.75, 3.05) is 0 Å². The smallest absolute Gasteiger partial charge is 0.235 e. The molecule has 0 spiro atoms. The number of nitrogens with zero attached hydrogens (tertiary/aromatic N) is 3. The van der Waals surface area contributed by atoms with Crippen LogP contribution in [0.25, 0.3) is 114 Å². The van der Waals surface area contributed by atoms with Crippen molar-refractivity contribution in [1.82, 2.24) is 14.5 Å². The molecule has 0 saturated carbocycles. The Kier molecular flexibility index (Phi) is 5.35. The summed E-state index contributed by atoms with van der Waals surface area (Å²) in [6.45, 7) is 0. The monoisotopic (exact) mass is 667 g/mol. The number of furan rings is 1. The maximum atomic E-state index is 6.60. The molecule has 0 atom stereocenters. The lowest BCUT2D eigenvalue weighted by Crippen LogP contribution is -2.04. The third kappa shape index (κ3) is 3.73. The van der Waals surface area contributed by atoms with Crippen LogP contribution in [0.15, 0.2) is 156 Å². The zero-order valence-corrected chi connectivity index (χ0v) is 27.9. The molecule has 0 aliphatic rings. The third-order valence-corrected chi connectivity index (χ3v) is 11.7. The normalized spacial score (nSPS) is 12.3. The lowest BCUT2D eigenvalue weighted by molar-refractivity contribution is 0.670. The molecule has 51 heavy (non-hydrogen) atoms. The summed E-state index contributed by atoms with van der Waals surface area (Å²) >= 11 is 1.85. The van der Waals surface area contributed by atoms with Gasteiger partial charge in [-0.25, -0.2) is 9.97 Å². The molecular weight excluding hydrogens is 643 g/mol. The molecule has 4 aromatic heterocycles. The standard InChI is InChI=1S/C46H25N3OS/c1-2-11-28-26(10-1)20-22-33-43(28)47-46(48-44(33)34-16-9-15-31-30-13-4-7-18-39(30)50-45(31)34)49-37-17-6-3-12-29(37)36-24-27-21-23-41-42(35(27)25-38(36)49)32-14-5-8-19-40(32)51-41/h1-25H. The minimum Gasteiger partial charge on any atom is -0.455 e. The second-order valence-electron chi connectivity index (χ2n) is 13.3. The van der Waals surface area contributed by atoms with E-state index in [0.717, 1.165) is 65.9 Å². The van der Waals surface area contributed by atoms with E-state index in [0.29, 0.717) is 5.95 Å². The number of benzene rings is 8. The Morgan fingerprint density at radius 3 is 2.18 bits per heavy atom. The van der Waals surface area contributed by atoms with Crippen molar-refractivity contribution in [3.05, 3.63) is 152 Å². The van der Waals surface area contributed by atoms with E-state index in [2.05, 4.69) is 144 Å². The van der Waals surface area contributed by atoms with Crippen LogP contribution in [0.2, 0.25) is 0 Å². The molecule has 0 amide bonds. The van der Waals surface area contributed by atoms with Crippen LogP contribution in [0.4, 0.5) is 0 Å². The minimum absolute atomic E-state index is 0.634. The van der Waals surface area contributed by atoms with Gasteiger partial charge < -0.3 is 4.42 Å². The van der Waals surface area contributed by atoms with Gasteiger partial charge in [0, 0.05) is 58.1 Å². The van der Waals surface area contributed by atoms with Gasteiger partial charge >= 0.3 is 0 Å². The van der Waals surface area contributed by atoms with Crippen LogP contribution in [0.1, 0.15) is 0 Å². The molecule has 4 nitrogen and oxygen atoms in total. The van der Waals surface area contributed by atoms with E-state index in [1.165, 1.54) is 41.7 Å². The average molecular weight is 668 g/mol. The highest BCUT2D eigenvalue weighted by molar-refractivity contribution is 7.26. The highest BCUT2D eigenvalue weighted by atomic mass is 32.1. The maximum absolute atomic E-state index is 6.60. The molecule has 0 bridgehead atoms. The first-order valence-electron chi connectivity index (χ1n) is 17.2. The molecule has 4 heterocycles. The van der Waals surface area contributed by atoms with Crippen LogP contribution in [0, 0.1) is 0 Å². The van der Waals surface area contributed by atoms with Gasteiger partial charge in [0.25, 0.3) is 0 Å². The first-order chi connectivity index (χ1) is 25.3. The van der Waals surface area contributed by atoms with E-state index in [1.807, 2.05) is 23.5 Å². The topological polar surface area (TPSA) is 43.9 Å². The van der Waals surface area contributed by atoms with Gasteiger partial charge in [-0.3, -0.25) is 4.57 Å². The van der Waals surface area contributed by atoms with E-state index in [1.54, 1.807) is 0 Å². The summed E-state index contributed by atoms with van der Waals surface area (Å²) in [4.78, 5) is 11.0. The second-order valence-corrected chi connectivity index (χ2v) is 14.4. The molecule has 0 N–H and O–H groups in total. The molecule has 0 fully saturated rings. The van der Waals surface area contributed by atoms with Gasteiger partial charge in [-0.15, -0.1) is 11.3 Å². The Morgan fingerprint density at radius 2 is 1.24 bits per heavy atom. The lowest BCUT2D eigenvalue weighted by atomic mass is 10.0. The van der Waals surface area contributed by atoms with Crippen molar-refractivity contribution in [3.8, 4) is 17.2 Å². The molecule has 12 rings (SSSR count). The average Bonchev–Trinajstić information content (AvgIpc) is 3.86. The summed E-state index contributed by atoms with van der Waals surface area (Å²) in [5.74, 6) is 0.634. The van der Waals surface area contributed by atoms with Gasteiger partial charge in [0.2, 0.25) is 5.95 Å². The van der Waals surface area contributed by atoms with Crippen molar-refractivity contribution >= 4 is 108 Å². The SMILES string of the molecule is c1ccc2c(c1)ccc1c(-c3cccc4c3oc3ccccc34)nc(-n3c4ccccc4c4cc5ccc6sc7ccccc7c6c5cc43)nc12. The highest BCUT2D eigenvalue weighted by Crippen LogP contribution is 2.43. The zero-order chi connectivity index (χ0) is 33.2. The van der Waals surface area contributed by atoms with Crippen molar-refractivity contribution in [3.63, 3.8) is 0 Å². The number of para-hydroxylation sites is 3. The first-order valence-corrected chi connectivity index (χ1v) is 18.0. The van der Waals surface area contributed by atoms with Gasteiger partial charge in [0.1, 0.15) is 11.2 Å². The predicted molar refractivity (Wildman–Crippen MR) is 214 cm³/mol. The quantitative estimate of drug-likeness (QED) is 0.172. The van der Waals surface area contributed by atoms with Crippen LogP contribution in [-0.2, 0) is 0 Å². The van der Waals surface area contributed by atoms with Crippen LogP contribution in [0.5, 0.6) is 0 Å². The van der Waals surface area contributed by atoms with Crippen molar-refractivity contribution in [2.45, 2.75) is 0 Å². The van der Waals surface area contributed by atoms with E-state index in [9.17, 15) is 0 Å². The van der Waals surface area contributed by atoms with E-state index in [-0.39, 0.29) is 0 Å². The summed E-state index contributed by atoms with van der Waals surface area (Å²) in [6, 6.07) is 54.0. The second kappa shape index (κ2) is 10.0. The zero-order valence-electron chi connectivity index (χ0n) is 27.1. The fraction of sp³-hybridized carbons (Fsp3) is 0. The van der Waals surface area contributed by atoms with Crippen molar-refractivity contribution < 1.29 is 4.42 Å². The summed E-state index contributed by atoms with van der Waals surface area (Å²) in [5.41, 5.74) is 6.57. The number of fused-ring (bicyclic) bond motifs is 14. The Hall–Kier alpha value is -6.56. The molecule has 12 aromatic rings. The van der Waals surface area contributed by atoms with E-state index < -0.39 is 0 Å². The van der Waals surface area contributed by atoms with Crippen LogP contribution in [-0.4, -0.2) is 14.5 Å². The molecule has 0 radical (unpaired) electrons. The van der Waals surface area contributed by atoms with Gasteiger partial charge in [-0.05, 0) is 64.7 Å². The van der Waals surface area contributed by atoms with Gasteiger partial charge in [-0.2, -0.15) is 0 Å². The number of thiophene rings is 1. The number of aromatic nitrogens is 3. The molecule has 236 valence electrons. The first kappa shape index (κ1) is 27.3. The minimum atomic E-state index is 0.634. The Morgan fingerprint density at radius 1 is 0.471 bits per heavy atom. The molecule has 0 aliphatic carbocycles. The Balaban J connectivity index is 1.25. The van der Waals surface area contributed by atoms with Crippen LogP contribution in [0.3, 0.4) is 0 Å². The molecule has 8 aromatic carbocycles. The van der Waals surface area contributed by atoms with Crippen LogP contribution < -0.4 is 0 Å².